The Labute approximate surface area is 130 Å². The van der Waals surface area contributed by atoms with Crippen LogP contribution in [0.15, 0.2) is 0 Å². The van der Waals surface area contributed by atoms with E-state index in [1.54, 1.807) is 0 Å². The molecule has 11 heteroatoms. The molecule has 23 heavy (non-hydrogen) atoms. The third-order valence-electron chi connectivity index (χ3n) is 3.98. The van der Waals surface area contributed by atoms with Crippen molar-refractivity contribution in [1.29, 1.82) is 0 Å². The fourth-order valence-corrected chi connectivity index (χ4v) is 2.57. The normalized spacial score (nSPS) is 51.7. The molecule has 0 aromatic rings. The summed E-state index contributed by atoms with van der Waals surface area (Å²) >= 11 is 0. The van der Waals surface area contributed by atoms with E-state index in [9.17, 15) is 35.7 Å². The molecule has 0 spiro atoms. The number of hydrogen-bond acceptors (Lipinski definition) is 11. The molecule has 0 aromatic carbocycles. The predicted molar refractivity (Wildman–Crippen MR) is 68.6 cm³/mol. The molecule has 0 bridgehead atoms. The highest BCUT2D eigenvalue weighted by Crippen LogP contribution is 2.28. The molecule has 0 amide bonds. The van der Waals surface area contributed by atoms with Crippen LogP contribution in [0.25, 0.3) is 0 Å². The summed E-state index contributed by atoms with van der Waals surface area (Å²) in [5.74, 6) is 0. The zero-order valence-corrected chi connectivity index (χ0v) is 12.0. The Morgan fingerprint density at radius 3 is 1.83 bits per heavy atom. The highest BCUT2D eigenvalue weighted by Gasteiger charge is 2.50. The fourth-order valence-electron chi connectivity index (χ4n) is 2.57. The molecule has 8 N–H and O–H groups in total. The third kappa shape index (κ3) is 3.65. The van der Waals surface area contributed by atoms with Gasteiger partial charge in [-0.3, -0.25) is 0 Å². The van der Waals surface area contributed by atoms with Crippen LogP contribution in [0.2, 0.25) is 0 Å². The van der Waals surface area contributed by atoms with Gasteiger partial charge in [-0.2, -0.15) is 0 Å². The van der Waals surface area contributed by atoms with E-state index in [0.717, 1.165) is 0 Å². The standard InChI is InChI=1S/C12H22O11/c13-1-3-5(15)6(16)9(19)12(22-3)23-10-4(2-14)21-11(20)8(18)7(10)17/h3-20H,1-2H2/t3-,4-,5+,6+,7-,8+,9-,10-,11+,12+/m0/s1. The van der Waals surface area contributed by atoms with Gasteiger partial charge in [-0.15, -0.1) is 0 Å². The zero-order valence-electron chi connectivity index (χ0n) is 12.0. The molecule has 136 valence electrons. The van der Waals surface area contributed by atoms with Crippen molar-refractivity contribution < 1.29 is 55.1 Å². The molecular formula is C12H22O11. The number of aliphatic hydroxyl groups is 8. The SMILES string of the molecule is OC[C@@H]1O[C@H](O[C@@H]2[C@@H](O)[C@@H](O)[C@H](O)O[C@H]2CO)[C@@H](O)[C@H](O)[C@@H]1O. The van der Waals surface area contributed by atoms with Crippen molar-refractivity contribution in [2.75, 3.05) is 13.2 Å². The van der Waals surface area contributed by atoms with Gasteiger partial charge in [-0.1, -0.05) is 0 Å². The van der Waals surface area contributed by atoms with Crippen LogP contribution in [0.1, 0.15) is 0 Å². The Morgan fingerprint density at radius 1 is 0.652 bits per heavy atom. The molecule has 0 saturated carbocycles. The first kappa shape index (κ1) is 18.9. The van der Waals surface area contributed by atoms with Crippen LogP contribution in [-0.4, -0.2) is 115 Å². The largest absolute Gasteiger partial charge is 0.394 e. The Balaban J connectivity index is 2.11. The van der Waals surface area contributed by atoms with E-state index in [4.69, 9.17) is 19.3 Å². The minimum absolute atomic E-state index is 0.667. The van der Waals surface area contributed by atoms with Crippen LogP contribution in [0.5, 0.6) is 0 Å². The van der Waals surface area contributed by atoms with Gasteiger partial charge in [0.1, 0.15) is 48.8 Å². The van der Waals surface area contributed by atoms with Crippen molar-refractivity contribution in [3.8, 4) is 0 Å². The maximum absolute atomic E-state index is 9.94. The maximum Gasteiger partial charge on any atom is 0.187 e. The van der Waals surface area contributed by atoms with Gasteiger partial charge >= 0.3 is 0 Å². The fraction of sp³-hybridized carbons (Fsp3) is 1.00. The first-order chi connectivity index (χ1) is 10.8. The van der Waals surface area contributed by atoms with Crippen LogP contribution in [0.3, 0.4) is 0 Å². The van der Waals surface area contributed by atoms with Crippen LogP contribution in [0, 0.1) is 0 Å². The van der Waals surface area contributed by atoms with E-state index in [1.165, 1.54) is 0 Å². The Bertz CT molecular complexity index is 378. The van der Waals surface area contributed by atoms with Crippen LogP contribution >= 0.6 is 0 Å². The summed E-state index contributed by atoms with van der Waals surface area (Å²) in [6.07, 6.45) is -15.6. The predicted octanol–water partition coefficient (Wildman–Crippen LogP) is -5.40. The lowest BCUT2D eigenvalue weighted by atomic mass is 9.97. The first-order valence-electron chi connectivity index (χ1n) is 7.08. The third-order valence-corrected chi connectivity index (χ3v) is 3.98. The average molecular weight is 342 g/mol. The van der Waals surface area contributed by atoms with Crippen LogP contribution in [-0.2, 0) is 14.2 Å². The zero-order chi connectivity index (χ0) is 17.3. The van der Waals surface area contributed by atoms with Crippen molar-refractivity contribution in [3.05, 3.63) is 0 Å². The van der Waals surface area contributed by atoms with Gasteiger partial charge in [0.2, 0.25) is 0 Å². The summed E-state index contributed by atoms with van der Waals surface area (Å²) in [4.78, 5) is 0. The van der Waals surface area contributed by atoms with Crippen molar-refractivity contribution in [2.45, 2.75) is 61.4 Å². The number of ether oxygens (including phenoxy) is 3. The van der Waals surface area contributed by atoms with Crippen LogP contribution < -0.4 is 0 Å². The molecule has 0 unspecified atom stereocenters. The summed E-state index contributed by atoms with van der Waals surface area (Å²) in [6.45, 7) is -1.35. The highest BCUT2D eigenvalue weighted by molar-refractivity contribution is 4.93. The maximum atomic E-state index is 9.94. The van der Waals surface area contributed by atoms with E-state index >= 15 is 0 Å². The van der Waals surface area contributed by atoms with Crippen molar-refractivity contribution in [1.82, 2.24) is 0 Å². The molecule has 10 atom stereocenters. The van der Waals surface area contributed by atoms with Gasteiger partial charge in [-0.05, 0) is 0 Å². The summed E-state index contributed by atoms with van der Waals surface area (Å²) in [7, 11) is 0. The Morgan fingerprint density at radius 2 is 1.26 bits per heavy atom. The van der Waals surface area contributed by atoms with Crippen LogP contribution in [0.4, 0.5) is 0 Å². The number of hydrogen-bond donors (Lipinski definition) is 8. The minimum Gasteiger partial charge on any atom is -0.394 e. The average Bonchev–Trinajstić information content (AvgIpc) is 2.55. The smallest absolute Gasteiger partial charge is 0.187 e. The second-order valence-electron chi connectivity index (χ2n) is 5.53. The summed E-state index contributed by atoms with van der Waals surface area (Å²) in [6, 6.07) is 0. The lowest BCUT2D eigenvalue weighted by Crippen LogP contribution is -2.64. The van der Waals surface area contributed by atoms with E-state index in [-0.39, 0.29) is 0 Å². The molecule has 2 fully saturated rings. The molecule has 2 aliphatic rings. The van der Waals surface area contributed by atoms with E-state index in [2.05, 4.69) is 0 Å². The molecule has 0 radical (unpaired) electrons. The first-order valence-corrected chi connectivity index (χ1v) is 7.08. The Hall–Kier alpha value is -0.440. The van der Waals surface area contributed by atoms with Gasteiger partial charge in [0, 0.05) is 0 Å². The molecule has 2 saturated heterocycles. The van der Waals surface area contributed by atoms with Gasteiger partial charge in [0.25, 0.3) is 0 Å². The molecule has 2 heterocycles. The number of aliphatic hydroxyl groups excluding tert-OH is 8. The van der Waals surface area contributed by atoms with Gasteiger partial charge < -0.3 is 55.1 Å². The molecule has 0 aromatic heterocycles. The molecule has 2 rings (SSSR count). The van der Waals surface area contributed by atoms with Crippen molar-refractivity contribution in [3.63, 3.8) is 0 Å². The molecule has 2 aliphatic heterocycles. The monoisotopic (exact) mass is 342 g/mol. The van der Waals surface area contributed by atoms with Crippen molar-refractivity contribution in [2.24, 2.45) is 0 Å². The van der Waals surface area contributed by atoms with Gasteiger partial charge in [0.05, 0.1) is 13.2 Å². The van der Waals surface area contributed by atoms with Crippen molar-refractivity contribution >= 4 is 0 Å². The number of rotatable bonds is 4. The second-order valence-corrected chi connectivity index (χ2v) is 5.53. The van der Waals surface area contributed by atoms with Gasteiger partial charge in [-0.25, -0.2) is 0 Å². The van der Waals surface area contributed by atoms with E-state index in [1.807, 2.05) is 0 Å². The lowest BCUT2D eigenvalue weighted by molar-refractivity contribution is -0.355. The van der Waals surface area contributed by atoms with E-state index < -0.39 is 74.6 Å². The van der Waals surface area contributed by atoms with E-state index in [0.29, 0.717) is 0 Å². The highest BCUT2D eigenvalue weighted by atomic mass is 16.7. The summed E-state index contributed by atoms with van der Waals surface area (Å²) in [5.41, 5.74) is 0. The lowest BCUT2D eigenvalue weighted by Gasteiger charge is -2.45. The molecule has 0 aliphatic carbocycles. The second kappa shape index (κ2) is 7.63. The molecular weight excluding hydrogens is 320 g/mol. The quantitative estimate of drug-likeness (QED) is 0.243. The molecule has 11 nitrogen and oxygen atoms in total. The van der Waals surface area contributed by atoms with Gasteiger partial charge in [0.15, 0.2) is 12.6 Å². The summed E-state index contributed by atoms with van der Waals surface area (Å²) < 4.78 is 15.3. The summed E-state index contributed by atoms with van der Waals surface area (Å²) in [5, 5.41) is 76.5. The minimum atomic E-state index is -1.74. The Kier molecular flexibility index (Phi) is 6.27. The topological polar surface area (TPSA) is 190 Å².